The van der Waals surface area contributed by atoms with Crippen molar-refractivity contribution in [3.63, 3.8) is 0 Å². The first-order chi connectivity index (χ1) is 15.4. The molecule has 2 aliphatic rings. The van der Waals surface area contributed by atoms with Gasteiger partial charge in [0.1, 0.15) is 5.76 Å². The summed E-state index contributed by atoms with van der Waals surface area (Å²) in [5.74, 6) is 2.50. The Labute approximate surface area is 185 Å². The predicted octanol–water partition coefficient (Wildman–Crippen LogP) is 3.24. The molecule has 168 valence electrons. The molecule has 2 fully saturated rings. The number of anilines is 1. The lowest BCUT2D eigenvalue weighted by atomic mass is 9.97. The summed E-state index contributed by atoms with van der Waals surface area (Å²) >= 11 is 0. The van der Waals surface area contributed by atoms with Crippen LogP contribution in [0.2, 0.25) is 0 Å². The fourth-order valence-electron chi connectivity index (χ4n) is 4.26. The number of guanidine groups is 1. The van der Waals surface area contributed by atoms with E-state index in [-0.39, 0.29) is 6.10 Å². The average molecular weight is 426 g/mol. The van der Waals surface area contributed by atoms with Crippen molar-refractivity contribution >= 4 is 11.6 Å². The van der Waals surface area contributed by atoms with Gasteiger partial charge in [0.2, 0.25) is 0 Å². The number of pyridine rings is 1. The topological polar surface area (TPSA) is 74.9 Å². The van der Waals surface area contributed by atoms with Gasteiger partial charge in [0.15, 0.2) is 5.96 Å². The molecule has 31 heavy (non-hydrogen) atoms. The summed E-state index contributed by atoms with van der Waals surface area (Å²) in [5.41, 5.74) is 1.27. The van der Waals surface area contributed by atoms with Crippen LogP contribution in [0.1, 0.15) is 37.9 Å². The van der Waals surface area contributed by atoms with Crippen LogP contribution in [0.25, 0.3) is 0 Å². The predicted molar refractivity (Wildman–Crippen MR) is 123 cm³/mol. The molecular weight excluding hydrogens is 390 g/mol. The number of ether oxygens (including phenoxy) is 1. The number of hydrogen-bond donors (Lipinski definition) is 2. The number of hydrogen-bond acceptors (Lipinski definition) is 5. The van der Waals surface area contributed by atoms with Crippen molar-refractivity contribution in [2.24, 2.45) is 10.9 Å². The second kappa shape index (κ2) is 11.7. The standard InChI is InChI=1S/C24H35N5O2/c1-2-16-31-23(4-1)19-28-24(26-13-8-22-5-3-17-30-22)27-18-20-9-14-29(15-10-20)21-6-11-25-12-7-21/h3,5-7,11-12,17,20,23H,1-2,4,8-10,13-16,18-19H2,(H2,26,27,28). The highest BCUT2D eigenvalue weighted by Gasteiger charge is 2.20. The Morgan fingerprint density at radius 1 is 1.10 bits per heavy atom. The summed E-state index contributed by atoms with van der Waals surface area (Å²) in [4.78, 5) is 11.5. The zero-order valence-electron chi connectivity index (χ0n) is 18.3. The molecule has 4 rings (SSSR count). The van der Waals surface area contributed by atoms with Gasteiger partial charge in [0.25, 0.3) is 0 Å². The minimum atomic E-state index is 0.287. The minimum absolute atomic E-state index is 0.287. The van der Waals surface area contributed by atoms with Crippen molar-refractivity contribution in [1.29, 1.82) is 0 Å². The average Bonchev–Trinajstić information content (AvgIpc) is 3.36. The number of nitrogens with zero attached hydrogens (tertiary/aromatic N) is 3. The van der Waals surface area contributed by atoms with Crippen LogP contribution < -0.4 is 15.5 Å². The highest BCUT2D eigenvalue weighted by Crippen LogP contribution is 2.22. The smallest absolute Gasteiger partial charge is 0.191 e. The molecule has 0 spiro atoms. The monoisotopic (exact) mass is 425 g/mol. The van der Waals surface area contributed by atoms with Gasteiger partial charge in [-0.15, -0.1) is 0 Å². The third kappa shape index (κ3) is 6.99. The molecule has 2 saturated heterocycles. The lowest BCUT2D eigenvalue weighted by Crippen LogP contribution is -2.43. The third-order valence-corrected chi connectivity index (χ3v) is 6.17. The molecule has 2 aliphatic heterocycles. The number of piperidine rings is 1. The van der Waals surface area contributed by atoms with E-state index >= 15 is 0 Å². The van der Waals surface area contributed by atoms with Crippen molar-refractivity contribution in [3.8, 4) is 0 Å². The van der Waals surface area contributed by atoms with Gasteiger partial charge in [-0.2, -0.15) is 0 Å². The molecule has 7 heteroatoms. The lowest BCUT2D eigenvalue weighted by molar-refractivity contribution is 0.0194. The van der Waals surface area contributed by atoms with E-state index in [1.54, 1.807) is 6.26 Å². The van der Waals surface area contributed by atoms with E-state index in [1.165, 1.54) is 18.5 Å². The van der Waals surface area contributed by atoms with E-state index in [4.69, 9.17) is 14.1 Å². The van der Waals surface area contributed by atoms with Crippen LogP contribution in [-0.4, -0.2) is 56.4 Å². The van der Waals surface area contributed by atoms with Crippen molar-refractivity contribution in [3.05, 3.63) is 48.7 Å². The Morgan fingerprint density at radius 3 is 2.71 bits per heavy atom. The largest absolute Gasteiger partial charge is 0.469 e. The zero-order valence-corrected chi connectivity index (χ0v) is 18.3. The Morgan fingerprint density at radius 2 is 1.97 bits per heavy atom. The van der Waals surface area contributed by atoms with Crippen LogP contribution in [0.5, 0.6) is 0 Å². The summed E-state index contributed by atoms with van der Waals surface area (Å²) in [6, 6.07) is 8.13. The normalized spacial score (nSPS) is 20.6. The van der Waals surface area contributed by atoms with Gasteiger partial charge in [0, 0.05) is 63.8 Å². The maximum atomic E-state index is 5.87. The second-order valence-electron chi connectivity index (χ2n) is 8.45. The van der Waals surface area contributed by atoms with Crippen LogP contribution in [0, 0.1) is 5.92 Å². The minimum Gasteiger partial charge on any atom is -0.469 e. The SMILES string of the molecule is c1coc(CCNC(=NCC2CCN(c3ccncc3)CC2)NCC2CCCCO2)c1. The summed E-state index contributed by atoms with van der Waals surface area (Å²) in [7, 11) is 0. The van der Waals surface area contributed by atoms with E-state index in [2.05, 4.69) is 32.7 Å². The van der Waals surface area contributed by atoms with Gasteiger partial charge in [0.05, 0.1) is 12.4 Å². The molecule has 0 aliphatic carbocycles. The molecule has 2 aromatic heterocycles. The van der Waals surface area contributed by atoms with Crippen LogP contribution in [0.15, 0.2) is 52.3 Å². The first kappa shape index (κ1) is 21.7. The molecule has 4 heterocycles. The van der Waals surface area contributed by atoms with E-state index in [0.29, 0.717) is 5.92 Å². The Bertz CT molecular complexity index is 767. The van der Waals surface area contributed by atoms with Gasteiger partial charge >= 0.3 is 0 Å². The molecule has 2 aromatic rings. The Balaban J connectivity index is 1.26. The van der Waals surface area contributed by atoms with E-state index in [9.17, 15) is 0 Å². The van der Waals surface area contributed by atoms with Crippen LogP contribution in [-0.2, 0) is 11.2 Å². The van der Waals surface area contributed by atoms with Crippen LogP contribution in [0.3, 0.4) is 0 Å². The molecule has 2 N–H and O–H groups in total. The molecule has 7 nitrogen and oxygen atoms in total. The summed E-state index contributed by atoms with van der Waals surface area (Å²) in [6.45, 7) is 5.49. The fourth-order valence-corrected chi connectivity index (χ4v) is 4.26. The maximum absolute atomic E-state index is 5.87. The third-order valence-electron chi connectivity index (χ3n) is 6.17. The fraction of sp³-hybridized carbons (Fsp3) is 0.583. The first-order valence-corrected chi connectivity index (χ1v) is 11.7. The summed E-state index contributed by atoms with van der Waals surface area (Å²) < 4.78 is 11.3. The Kier molecular flexibility index (Phi) is 8.21. The molecule has 0 amide bonds. The van der Waals surface area contributed by atoms with E-state index in [1.807, 2.05) is 24.5 Å². The van der Waals surface area contributed by atoms with Gasteiger partial charge in [-0.3, -0.25) is 9.98 Å². The maximum Gasteiger partial charge on any atom is 0.191 e. The van der Waals surface area contributed by atoms with Gasteiger partial charge in [-0.25, -0.2) is 0 Å². The van der Waals surface area contributed by atoms with Crippen molar-refractivity contribution in [2.75, 3.05) is 44.2 Å². The van der Waals surface area contributed by atoms with Crippen LogP contribution >= 0.6 is 0 Å². The Hall–Kier alpha value is -2.54. The molecule has 1 unspecified atom stereocenters. The summed E-state index contributed by atoms with van der Waals surface area (Å²) in [6.07, 6.45) is 12.5. The number of aliphatic imine (C=N–C) groups is 1. The van der Waals surface area contributed by atoms with Crippen LogP contribution in [0.4, 0.5) is 5.69 Å². The van der Waals surface area contributed by atoms with Crippen molar-refractivity contribution in [1.82, 2.24) is 15.6 Å². The quantitative estimate of drug-likeness (QED) is 0.500. The molecule has 0 radical (unpaired) electrons. The lowest BCUT2D eigenvalue weighted by Gasteiger charge is -2.33. The summed E-state index contributed by atoms with van der Waals surface area (Å²) in [5, 5.41) is 6.99. The highest BCUT2D eigenvalue weighted by atomic mass is 16.5. The van der Waals surface area contributed by atoms with Gasteiger partial charge in [-0.05, 0) is 62.3 Å². The van der Waals surface area contributed by atoms with Gasteiger partial charge in [-0.1, -0.05) is 0 Å². The number of nitrogens with one attached hydrogen (secondary N) is 2. The number of rotatable bonds is 8. The van der Waals surface area contributed by atoms with Crippen molar-refractivity contribution < 1.29 is 9.15 Å². The van der Waals surface area contributed by atoms with Gasteiger partial charge < -0.3 is 24.7 Å². The van der Waals surface area contributed by atoms with E-state index in [0.717, 1.165) is 76.7 Å². The number of aromatic nitrogens is 1. The zero-order chi connectivity index (χ0) is 21.1. The number of furan rings is 1. The first-order valence-electron chi connectivity index (χ1n) is 11.7. The second-order valence-corrected chi connectivity index (χ2v) is 8.45. The molecule has 0 saturated carbocycles. The highest BCUT2D eigenvalue weighted by molar-refractivity contribution is 5.79. The molecule has 0 aromatic carbocycles. The molecular formula is C24H35N5O2. The van der Waals surface area contributed by atoms with Crippen molar-refractivity contribution in [2.45, 2.75) is 44.6 Å². The molecule has 0 bridgehead atoms. The molecule has 1 atom stereocenters. The van der Waals surface area contributed by atoms with E-state index < -0.39 is 0 Å².